The average Bonchev–Trinajstić information content (AvgIpc) is 2.87. The zero-order chi connectivity index (χ0) is 15.4. The van der Waals surface area contributed by atoms with Gasteiger partial charge in [0.15, 0.2) is 10.4 Å². The average molecular weight is 355 g/mol. The smallest absolute Gasteiger partial charge is 0.294 e. The SMILES string of the molecule is NC(=O)CCN(C(=O)c1ccc(Br)o1)c1ccc(F)cc1. The standard InChI is InChI=1S/C14H12BrFN2O3/c15-12-6-5-11(21-12)14(20)18(8-7-13(17)19)10-3-1-9(16)2-4-10/h1-6H,7-8H2,(H2,17,19). The van der Waals surface area contributed by atoms with Gasteiger partial charge >= 0.3 is 0 Å². The third kappa shape index (κ3) is 3.91. The molecule has 0 fully saturated rings. The minimum absolute atomic E-state index is 0.00893. The van der Waals surface area contributed by atoms with Crippen LogP contribution in [0.2, 0.25) is 0 Å². The first-order valence-corrected chi connectivity index (χ1v) is 6.88. The number of nitrogens with two attached hydrogens (primary N) is 1. The van der Waals surface area contributed by atoms with Gasteiger partial charge in [-0.15, -0.1) is 0 Å². The predicted molar refractivity (Wildman–Crippen MR) is 78.3 cm³/mol. The molecule has 0 aliphatic carbocycles. The van der Waals surface area contributed by atoms with Crippen LogP contribution in [0.5, 0.6) is 0 Å². The fourth-order valence-electron chi connectivity index (χ4n) is 1.75. The van der Waals surface area contributed by atoms with Gasteiger partial charge in [-0.05, 0) is 52.3 Å². The predicted octanol–water partition coefficient (Wildman–Crippen LogP) is 2.70. The van der Waals surface area contributed by atoms with E-state index in [1.807, 2.05) is 0 Å². The summed E-state index contributed by atoms with van der Waals surface area (Å²) in [5.74, 6) is -1.28. The van der Waals surface area contributed by atoms with Crippen molar-refractivity contribution in [3.8, 4) is 0 Å². The van der Waals surface area contributed by atoms with Crippen LogP contribution < -0.4 is 10.6 Å². The third-order valence-electron chi connectivity index (χ3n) is 2.75. The Balaban J connectivity index is 2.28. The van der Waals surface area contributed by atoms with Gasteiger partial charge in [0.2, 0.25) is 5.91 Å². The van der Waals surface area contributed by atoms with E-state index < -0.39 is 17.6 Å². The van der Waals surface area contributed by atoms with Crippen molar-refractivity contribution in [2.45, 2.75) is 6.42 Å². The molecule has 7 heteroatoms. The lowest BCUT2D eigenvalue weighted by Gasteiger charge is -2.21. The Morgan fingerprint density at radius 3 is 2.38 bits per heavy atom. The summed E-state index contributed by atoms with van der Waals surface area (Å²) in [6.07, 6.45) is -0.00893. The number of hydrogen-bond acceptors (Lipinski definition) is 3. The number of furan rings is 1. The van der Waals surface area contributed by atoms with Crippen LogP contribution in [0, 0.1) is 5.82 Å². The van der Waals surface area contributed by atoms with Gasteiger partial charge in [0.25, 0.3) is 5.91 Å². The molecular weight excluding hydrogens is 343 g/mol. The zero-order valence-corrected chi connectivity index (χ0v) is 12.5. The Bertz CT molecular complexity index is 654. The number of rotatable bonds is 5. The number of benzene rings is 1. The highest BCUT2D eigenvalue weighted by Gasteiger charge is 2.21. The second-order valence-corrected chi connectivity index (χ2v) is 5.03. The van der Waals surface area contributed by atoms with E-state index in [0.717, 1.165) is 0 Å². The lowest BCUT2D eigenvalue weighted by Crippen LogP contribution is -2.33. The van der Waals surface area contributed by atoms with Crippen molar-refractivity contribution < 1.29 is 18.4 Å². The van der Waals surface area contributed by atoms with E-state index in [-0.39, 0.29) is 18.7 Å². The van der Waals surface area contributed by atoms with Crippen LogP contribution in [0.4, 0.5) is 10.1 Å². The summed E-state index contributed by atoms with van der Waals surface area (Å²) in [4.78, 5) is 24.7. The summed E-state index contributed by atoms with van der Waals surface area (Å²) >= 11 is 3.12. The summed E-state index contributed by atoms with van der Waals surface area (Å²) in [6, 6.07) is 8.46. The van der Waals surface area contributed by atoms with E-state index in [1.165, 1.54) is 35.2 Å². The minimum atomic E-state index is -0.532. The Hall–Kier alpha value is -2.15. The Labute approximate surface area is 128 Å². The van der Waals surface area contributed by atoms with Gasteiger partial charge in [-0.1, -0.05) is 0 Å². The van der Waals surface area contributed by atoms with Crippen molar-refractivity contribution in [2.24, 2.45) is 5.73 Å². The van der Waals surface area contributed by atoms with Crippen LogP contribution in [0.1, 0.15) is 17.0 Å². The van der Waals surface area contributed by atoms with Gasteiger partial charge in [-0.25, -0.2) is 4.39 Å². The third-order valence-corrected chi connectivity index (χ3v) is 3.18. The first kappa shape index (κ1) is 15.2. The fourth-order valence-corrected chi connectivity index (χ4v) is 2.06. The molecule has 2 rings (SSSR count). The van der Waals surface area contributed by atoms with Crippen molar-refractivity contribution >= 4 is 33.4 Å². The van der Waals surface area contributed by atoms with Crippen LogP contribution in [0.3, 0.4) is 0 Å². The summed E-state index contributed by atoms with van der Waals surface area (Å²) in [7, 11) is 0. The lowest BCUT2D eigenvalue weighted by molar-refractivity contribution is -0.117. The molecule has 2 amide bonds. The van der Waals surface area contributed by atoms with Gasteiger partial charge in [0, 0.05) is 18.7 Å². The van der Waals surface area contributed by atoms with Gasteiger partial charge < -0.3 is 15.1 Å². The van der Waals surface area contributed by atoms with Crippen molar-refractivity contribution in [3.05, 3.63) is 52.6 Å². The maximum atomic E-state index is 13.0. The molecule has 21 heavy (non-hydrogen) atoms. The number of primary amides is 1. The Morgan fingerprint density at radius 2 is 1.86 bits per heavy atom. The van der Waals surface area contributed by atoms with Crippen LogP contribution in [0.25, 0.3) is 0 Å². The molecule has 0 atom stereocenters. The maximum Gasteiger partial charge on any atom is 0.294 e. The molecule has 0 saturated heterocycles. The molecule has 1 aromatic carbocycles. The van der Waals surface area contributed by atoms with E-state index in [0.29, 0.717) is 10.4 Å². The number of hydrogen-bond donors (Lipinski definition) is 1. The number of amides is 2. The van der Waals surface area contributed by atoms with E-state index in [1.54, 1.807) is 6.07 Å². The Morgan fingerprint density at radius 1 is 1.19 bits per heavy atom. The van der Waals surface area contributed by atoms with Crippen molar-refractivity contribution in [3.63, 3.8) is 0 Å². The number of carbonyl (C=O) groups is 2. The quantitative estimate of drug-likeness (QED) is 0.896. The number of anilines is 1. The molecule has 0 saturated carbocycles. The number of nitrogens with zero attached hydrogens (tertiary/aromatic N) is 1. The van der Waals surface area contributed by atoms with E-state index in [9.17, 15) is 14.0 Å². The first-order chi connectivity index (χ1) is 9.97. The van der Waals surface area contributed by atoms with E-state index >= 15 is 0 Å². The molecule has 0 bridgehead atoms. The largest absolute Gasteiger partial charge is 0.444 e. The van der Waals surface area contributed by atoms with Gasteiger partial charge in [-0.2, -0.15) is 0 Å². The summed E-state index contributed by atoms with van der Waals surface area (Å²) < 4.78 is 18.6. The van der Waals surface area contributed by atoms with Crippen LogP contribution in [-0.2, 0) is 4.79 Å². The molecule has 2 aromatic rings. The summed E-state index contributed by atoms with van der Waals surface area (Å²) in [5, 5.41) is 0. The van der Waals surface area contributed by atoms with Crippen LogP contribution >= 0.6 is 15.9 Å². The highest BCUT2D eigenvalue weighted by molar-refractivity contribution is 9.10. The topological polar surface area (TPSA) is 76.5 Å². The molecule has 2 N–H and O–H groups in total. The maximum absolute atomic E-state index is 13.0. The minimum Gasteiger partial charge on any atom is -0.444 e. The van der Waals surface area contributed by atoms with Gasteiger partial charge in [0.05, 0.1) is 0 Å². The molecule has 1 heterocycles. The first-order valence-electron chi connectivity index (χ1n) is 6.08. The molecule has 0 aliphatic rings. The zero-order valence-electron chi connectivity index (χ0n) is 10.9. The highest BCUT2D eigenvalue weighted by Crippen LogP contribution is 2.21. The fraction of sp³-hybridized carbons (Fsp3) is 0.143. The van der Waals surface area contributed by atoms with Crippen molar-refractivity contribution in [1.82, 2.24) is 0 Å². The Kier molecular flexibility index (Phi) is 4.74. The van der Waals surface area contributed by atoms with Crippen LogP contribution in [0.15, 0.2) is 45.5 Å². The molecule has 5 nitrogen and oxygen atoms in total. The van der Waals surface area contributed by atoms with Gasteiger partial charge in [0.1, 0.15) is 5.82 Å². The molecular formula is C14H12BrFN2O3. The molecule has 0 unspecified atom stereocenters. The monoisotopic (exact) mass is 354 g/mol. The normalized spacial score (nSPS) is 10.4. The summed E-state index contributed by atoms with van der Waals surface area (Å²) in [5.41, 5.74) is 5.57. The second kappa shape index (κ2) is 6.53. The van der Waals surface area contributed by atoms with E-state index in [2.05, 4.69) is 15.9 Å². The van der Waals surface area contributed by atoms with Gasteiger partial charge in [-0.3, -0.25) is 9.59 Å². The lowest BCUT2D eigenvalue weighted by atomic mass is 10.2. The number of carbonyl (C=O) groups excluding carboxylic acids is 2. The molecule has 0 spiro atoms. The molecule has 1 aromatic heterocycles. The highest BCUT2D eigenvalue weighted by atomic mass is 79.9. The van der Waals surface area contributed by atoms with Crippen LogP contribution in [-0.4, -0.2) is 18.4 Å². The molecule has 0 radical (unpaired) electrons. The van der Waals surface area contributed by atoms with Crippen molar-refractivity contribution in [1.29, 1.82) is 0 Å². The summed E-state index contributed by atoms with van der Waals surface area (Å²) in [6.45, 7) is 0.0815. The number of halogens is 2. The van der Waals surface area contributed by atoms with E-state index in [4.69, 9.17) is 10.2 Å². The molecule has 110 valence electrons. The second-order valence-electron chi connectivity index (χ2n) is 4.25. The van der Waals surface area contributed by atoms with Crippen molar-refractivity contribution in [2.75, 3.05) is 11.4 Å². The molecule has 0 aliphatic heterocycles.